The molecule has 0 saturated carbocycles. The first-order valence-electron chi connectivity index (χ1n) is 14.3. The van der Waals surface area contributed by atoms with Crippen molar-refractivity contribution >= 4 is 17.4 Å². The Labute approximate surface area is 238 Å². The average molecular weight is 553 g/mol. The molecule has 40 heavy (non-hydrogen) atoms. The lowest BCUT2D eigenvalue weighted by molar-refractivity contribution is -0.140. The van der Waals surface area contributed by atoms with Gasteiger partial charge in [-0.2, -0.15) is 0 Å². The molecule has 0 spiro atoms. The van der Waals surface area contributed by atoms with E-state index in [1.807, 2.05) is 13.0 Å². The minimum Gasteiger partial charge on any atom is -0.507 e. The molecule has 1 heterocycles. The Hall–Kier alpha value is -3.52. The number of carbonyl (C=O) groups excluding carboxylic acids is 2. The number of Topliss-reactive ketones (excluding diaryl/α,β-unsaturated/α-hetero) is 1. The Morgan fingerprint density at radius 2 is 1.70 bits per heavy atom. The third-order valence-corrected chi connectivity index (χ3v) is 7.20. The quantitative estimate of drug-likeness (QED) is 0.173. The van der Waals surface area contributed by atoms with Crippen LogP contribution in [-0.4, -0.2) is 73.1 Å². The number of rotatable bonds is 15. The van der Waals surface area contributed by atoms with Gasteiger partial charge in [0.05, 0.1) is 31.9 Å². The van der Waals surface area contributed by atoms with Gasteiger partial charge < -0.3 is 29.1 Å². The fourth-order valence-corrected chi connectivity index (χ4v) is 4.87. The van der Waals surface area contributed by atoms with Crippen LogP contribution in [0.2, 0.25) is 0 Å². The van der Waals surface area contributed by atoms with E-state index >= 15 is 0 Å². The van der Waals surface area contributed by atoms with Gasteiger partial charge in [-0.25, -0.2) is 0 Å². The number of amides is 1. The van der Waals surface area contributed by atoms with Gasteiger partial charge in [0.25, 0.3) is 11.7 Å². The number of nitrogens with zero attached hydrogens (tertiary/aromatic N) is 2. The third kappa shape index (κ3) is 7.36. The highest BCUT2D eigenvalue weighted by Crippen LogP contribution is 2.42. The third-order valence-electron chi connectivity index (χ3n) is 7.20. The summed E-state index contributed by atoms with van der Waals surface area (Å²) in [5.41, 5.74) is 1.17. The summed E-state index contributed by atoms with van der Waals surface area (Å²) in [6.45, 7) is 14.4. The first-order valence-corrected chi connectivity index (χ1v) is 14.3. The van der Waals surface area contributed by atoms with Gasteiger partial charge in [-0.1, -0.05) is 33.8 Å². The molecule has 1 saturated heterocycles. The summed E-state index contributed by atoms with van der Waals surface area (Å²) in [6.07, 6.45) is 1.60. The van der Waals surface area contributed by atoms with E-state index in [2.05, 4.69) is 32.6 Å². The number of carbonyl (C=O) groups is 2. The Kier molecular flexibility index (Phi) is 11.4. The molecule has 1 atom stereocenters. The number of ether oxygens (including phenoxy) is 3. The molecule has 2 aromatic rings. The van der Waals surface area contributed by atoms with Gasteiger partial charge in [-0.3, -0.25) is 9.59 Å². The van der Waals surface area contributed by atoms with Crippen LogP contribution in [0.25, 0.3) is 5.76 Å². The van der Waals surface area contributed by atoms with Crippen molar-refractivity contribution in [3.8, 4) is 17.2 Å². The second-order valence-electron chi connectivity index (χ2n) is 10.3. The van der Waals surface area contributed by atoms with E-state index in [0.29, 0.717) is 60.5 Å². The van der Waals surface area contributed by atoms with Gasteiger partial charge in [0, 0.05) is 12.1 Å². The normalized spacial score (nSPS) is 16.7. The molecule has 0 radical (unpaired) electrons. The van der Waals surface area contributed by atoms with Crippen LogP contribution in [0, 0.1) is 5.92 Å². The standard InChI is InChI=1S/C32H44N2O6/c1-7-33(8-2)18-10-19-34-29(24-13-16-26(27(21-24)38-6)40-20-17-22(4)5)28(31(36)32(34)37)30(35)23-11-14-25(15-12-23)39-9-3/h11-16,21-22,29,35H,7-10,17-20H2,1-6H3/t29-/m0/s1. The molecular formula is C32H44N2O6. The highest BCUT2D eigenvalue weighted by Gasteiger charge is 2.46. The number of methoxy groups -OCH3 is 1. The van der Waals surface area contributed by atoms with E-state index in [-0.39, 0.29) is 11.3 Å². The highest BCUT2D eigenvalue weighted by atomic mass is 16.5. The Bertz CT molecular complexity index is 1170. The molecule has 1 aliphatic rings. The van der Waals surface area contributed by atoms with Gasteiger partial charge in [0.2, 0.25) is 0 Å². The zero-order valence-corrected chi connectivity index (χ0v) is 24.7. The number of benzene rings is 2. The van der Waals surface area contributed by atoms with Crippen LogP contribution in [0.1, 0.15) is 64.6 Å². The number of aliphatic hydroxyl groups is 1. The molecule has 1 amide bonds. The van der Waals surface area contributed by atoms with Crippen molar-refractivity contribution in [3.63, 3.8) is 0 Å². The fraction of sp³-hybridized carbons (Fsp3) is 0.500. The van der Waals surface area contributed by atoms with Crippen LogP contribution >= 0.6 is 0 Å². The van der Waals surface area contributed by atoms with Gasteiger partial charge >= 0.3 is 0 Å². The first kappa shape index (κ1) is 31.0. The molecular weight excluding hydrogens is 508 g/mol. The molecule has 2 aromatic carbocycles. The van der Waals surface area contributed by atoms with Crippen molar-refractivity contribution in [2.75, 3.05) is 46.5 Å². The minimum absolute atomic E-state index is 0.0625. The molecule has 218 valence electrons. The van der Waals surface area contributed by atoms with E-state index in [1.54, 1.807) is 48.4 Å². The maximum absolute atomic E-state index is 13.4. The number of hydrogen-bond donors (Lipinski definition) is 1. The summed E-state index contributed by atoms with van der Waals surface area (Å²) in [7, 11) is 1.56. The van der Waals surface area contributed by atoms with E-state index in [0.717, 1.165) is 26.1 Å². The largest absolute Gasteiger partial charge is 0.507 e. The lowest BCUT2D eigenvalue weighted by Crippen LogP contribution is -2.33. The lowest BCUT2D eigenvalue weighted by atomic mass is 9.95. The van der Waals surface area contributed by atoms with Crippen LogP contribution in [0.4, 0.5) is 0 Å². The molecule has 0 aromatic heterocycles. The summed E-state index contributed by atoms with van der Waals surface area (Å²) in [5, 5.41) is 11.4. The van der Waals surface area contributed by atoms with Crippen LogP contribution in [-0.2, 0) is 9.59 Å². The summed E-state index contributed by atoms with van der Waals surface area (Å²) < 4.78 is 17.1. The molecule has 0 aliphatic carbocycles. The molecule has 1 N–H and O–H groups in total. The second kappa shape index (κ2) is 14.7. The number of ketones is 1. The Morgan fingerprint density at radius 1 is 1.00 bits per heavy atom. The molecule has 1 aliphatic heterocycles. The predicted molar refractivity (Wildman–Crippen MR) is 157 cm³/mol. The second-order valence-corrected chi connectivity index (χ2v) is 10.3. The van der Waals surface area contributed by atoms with Crippen molar-refractivity contribution in [2.45, 2.75) is 53.5 Å². The predicted octanol–water partition coefficient (Wildman–Crippen LogP) is 5.67. The summed E-state index contributed by atoms with van der Waals surface area (Å²) in [4.78, 5) is 30.6. The fourth-order valence-electron chi connectivity index (χ4n) is 4.87. The molecule has 8 nitrogen and oxygen atoms in total. The zero-order valence-electron chi connectivity index (χ0n) is 24.7. The lowest BCUT2D eigenvalue weighted by Gasteiger charge is -2.27. The van der Waals surface area contributed by atoms with Crippen LogP contribution in [0.15, 0.2) is 48.0 Å². The van der Waals surface area contributed by atoms with Gasteiger partial charge in [0.15, 0.2) is 11.5 Å². The zero-order chi connectivity index (χ0) is 29.2. The molecule has 0 bridgehead atoms. The molecule has 3 rings (SSSR count). The number of likely N-dealkylation sites (tertiary alicyclic amines) is 1. The maximum atomic E-state index is 13.4. The highest BCUT2D eigenvalue weighted by molar-refractivity contribution is 6.46. The Balaban J connectivity index is 2.03. The average Bonchev–Trinajstić information content (AvgIpc) is 3.20. The number of hydrogen-bond acceptors (Lipinski definition) is 7. The van der Waals surface area contributed by atoms with Gasteiger partial charge in [-0.15, -0.1) is 0 Å². The molecule has 0 unspecified atom stereocenters. The molecule has 8 heteroatoms. The van der Waals surface area contributed by atoms with Crippen LogP contribution in [0.3, 0.4) is 0 Å². The van der Waals surface area contributed by atoms with E-state index in [9.17, 15) is 14.7 Å². The van der Waals surface area contributed by atoms with Crippen molar-refractivity contribution in [2.24, 2.45) is 5.92 Å². The Morgan fingerprint density at radius 3 is 2.30 bits per heavy atom. The van der Waals surface area contributed by atoms with E-state index in [1.165, 1.54) is 0 Å². The minimum atomic E-state index is -0.762. The van der Waals surface area contributed by atoms with Gasteiger partial charge in [-0.05, 0) is 87.3 Å². The van der Waals surface area contributed by atoms with Gasteiger partial charge in [0.1, 0.15) is 11.5 Å². The van der Waals surface area contributed by atoms with Crippen molar-refractivity contribution < 1.29 is 28.9 Å². The van der Waals surface area contributed by atoms with Crippen molar-refractivity contribution in [1.82, 2.24) is 9.80 Å². The smallest absolute Gasteiger partial charge is 0.295 e. The topological polar surface area (TPSA) is 88.5 Å². The summed E-state index contributed by atoms with van der Waals surface area (Å²) >= 11 is 0. The van der Waals surface area contributed by atoms with E-state index < -0.39 is 17.7 Å². The molecule has 1 fully saturated rings. The van der Waals surface area contributed by atoms with Crippen LogP contribution < -0.4 is 14.2 Å². The van der Waals surface area contributed by atoms with Crippen molar-refractivity contribution in [1.29, 1.82) is 0 Å². The summed E-state index contributed by atoms with van der Waals surface area (Å²) in [6, 6.07) is 11.5. The first-order chi connectivity index (χ1) is 19.2. The summed E-state index contributed by atoms with van der Waals surface area (Å²) in [5.74, 6) is 0.736. The SMILES string of the molecule is CCOc1ccc(C(O)=C2C(=O)C(=O)N(CCCN(CC)CC)[C@H]2c2ccc(OCCC(C)C)c(OC)c2)cc1. The van der Waals surface area contributed by atoms with Crippen LogP contribution in [0.5, 0.6) is 17.2 Å². The number of aliphatic hydroxyl groups excluding tert-OH is 1. The maximum Gasteiger partial charge on any atom is 0.295 e. The van der Waals surface area contributed by atoms with E-state index in [4.69, 9.17) is 14.2 Å². The van der Waals surface area contributed by atoms with Crippen molar-refractivity contribution in [3.05, 3.63) is 59.2 Å². The monoisotopic (exact) mass is 552 g/mol.